The highest BCUT2D eigenvalue weighted by Crippen LogP contribution is 2.21. The molecule has 10 nitrogen and oxygen atoms in total. The number of rotatable bonds is 6. The highest BCUT2D eigenvalue weighted by molar-refractivity contribution is 7.90. The van der Waals surface area contributed by atoms with E-state index in [0.717, 1.165) is 12.5 Å². The minimum absolute atomic E-state index is 0.000693. The van der Waals surface area contributed by atoms with E-state index in [1.807, 2.05) is 0 Å². The molecule has 0 amide bonds. The maximum absolute atomic E-state index is 10.9. The van der Waals surface area contributed by atoms with Gasteiger partial charge in [0.25, 0.3) is 0 Å². The number of anilines is 2. The molecule has 0 aliphatic carbocycles. The van der Waals surface area contributed by atoms with E-state index < -0.39 is 14.8 Å². The average molecular weight is 276 g/mol. The van der Waals surface area contributed by atoms with Crippen LogP contribution in [0.5, 0.6) is 0 Å². The number of sulfone groups is 1. The summed E-state index contributed by atoms with van der Waals surface area (Å²) in [6, 6.07) is 0. The second kappa shape index (κ2) is 5.55. The molecule has 0 unspecified atom stereocenters. The first-order chi connectivity index (χ1) is 8.33. The number of nitrogen functional groups attached to an aromatic ring is 1. The summed E-state index contributed by atoms with van der Waals surface area (Å²) in [5, 5.41) is 13.3. The molecule has 1 aromatic heterocycles. The van der Waals surface area contributed by atoms with Gasteiger partial charge >= 0.3 is 5.69 Å². The Bertz CT molecular complexity index is 545. The molecule has 0 atom stereocenters. The van der Waals surface area contributed by atoms with Crippen molar-refractivity contribution in [1.29, 1.82) is 0 Å². The fraction of sp³-hybridized carbons (Fsp3) is 0.429. The van der Waals surface area contributed by atoms with Crippen LogP contribution in [0.15, 0.2) is 6.20 Å². The lowest BCUT2D eigenvalue weighted by Crippen LogP contribution is -2.17. The summed E-state index contributed by atoms with van der Waals surface area (Å²) < 4.78 is 21.8. The Morgan fingerprint density at radius 1 is 1.56 bits per heavy atom. The summed E-state index contributed by atoms with van der Waals surface area (Å²) in [6.45, 7) is 0.000693. The van der Waals surface area contributed by atoms with Crippen molar-refractivity contribution < 1.29 is 13.3 Å². The van der Waals surface area contributed by atoms with E-state index in [2.05, 4.69) is 20.7 Å². The Balaban J connectivity index is 2.87. The molecule has 0 bridgehead atoms. The molecular weight excluding hydrogens is 264 g/mol. The van der Waals surface area contributed by atoms with E-state index in [1.165, 1.54) is 0 Å². The zero-order valence-corrected chi connectivity index (χ0v) is 10.3. The third-order valence-electron chi connectivity index (χ3n) is 1.86. The van der Waals surface area contributed by atoms with Crippen molar-refractivity contribution in [3.63, 3.8) is 0 Å². The first kappa shape index (κ1) is 14.1. The van der Waals surface area contributed by atoms with Crippen LogP contribution in [0.25, 0.3) is 0 Å². The first-order valence-corrected chi connectivity index (χ1v) is 6.79. The molecule has 100 valence electrons. The Kier molecular flexibility index (Phi) is 4.33. The zero-order chi connectivity index (χ0) is 13.8. The van der Waals surface area contributed by atoms with Gasteiger partial charge in [0.1, 0.15) is 16.0 Å². The summed E-state index contributed by atoms with van der Waals surface area (Å²) in [4.78, 5) is 17.3. The number of nitrogens with one attached hydrogen (secondary N) is 2. The Morgan fingerprint density at radius 2 is 2.22 bits per heavy atom. The third kappa shape index (κ3) is 4.10. The van der Waals surface area contributed by atoms with Crippen LogP contribution in [0.4, 0.5) is 17.5 Å². The molecule has 1 aromatic rings. The average Bonchev–Trinajstić information content (AvgIpc) is 2.26. The highest BCUT2D eigenvalue weighted by atomic mass is 32.2. The Hall–Kier alpha value is -2.01. The summed E-state index contributed by atoms with van der Waals surface area (Å²) in [6.07, 6.45) is 2.04. The van der Waals surface area contributed by atoms with Gasteiger partial charge in [-0.3, -0.25) is 15.5 Å². The monoisotopic (exact) mass is 276 g/mol. The number of nitrogens with two attached hydrogens (primary N) is 1. The number of nitro groups is 1. The number of hydrogen-bond acceptors (Lipinski definition) is 9. The first-order valence-electron chi connectivity index (χ1n) is 4.73. The van der Waals surface area contributed by atoms with E-state index in [9.17, 15) is 18.5 Å². The highest BCUT2D eigenvalue weighted by Gasteiger charge is 2.17. The fourth-order valence-corrected chi connectivity index (χ4v) is 1.54. The molecule has 0 saturated carbocycles. The van der Waals surface area contributed by atoms with Gasteiger partial charge in [-0.25, -0.2) is 19.2 Å². The van der Waals surface area contributed by atoms with Gasteiger partial charge in [-0.15, -0.1) is 0 Å². The molecular formula is C7H12N6O4S. The van der Waals surface area contributed by atoms with Gasteiger partial charge in [0.05, 0.1) is 10.7 Å². The molecule has 4 N–H and O–H groups in total. The lowest BCUT2D eigenvalue weighted by atomic mass is 10.4. The molecule has 0 radical (unpaired) electrons. The lowest BCUT2D eigenvalue weighted by Gasteiger charge is -2.06. The van der Waals surface area contributed by atoms with Gasteiger partial charge in [-0.1, -0.05) is 0 Å². The van der Waals surface area contributed by atoms with E-state index in [-0.39, 0.29) is 29.8 Å². The Labute approximate surface area is 103 Å². The van der Waals surface area contributed by atoms with Gasteiger partial charge in [-0.2, -0.15) is 4.98 Å². The molecule has 0 aliphatic heterocycles. The van der Waals surface area contributed by atoms with Crippen LogP contribution < -0.4 is 16.6 Å². The lowest BCUT2D eigenvalue weighted by molar-refractivity contribution is -0.384. The summed E-state index contributed by atoms with van der Waals surface area (Å²) in [5.74, 6) is 4.80. The number of hydrogen-bond donors (Lipinski definition) is 3. The van der Waals surface area contributed by atoms with E-state index in [1.54, 1.807) is 0 Å². The van der Waals surface area contributed by atoms with Crippen LogP contribution >= 0.6 is 0 Å². The summed E-state index contributed by atoms with van der Waals surface area (Å²) >= 11 is 0. The number of aromatic nitrogens is 2. The van der Waals surface area contributed by atoms with Crippen molar-refractivity contribution in [3.8, 4) is 0 Å². The molecule has 1 heterocycles. The van der Waals surface area contributed by atoms with Crippen molar-refractivity contribution in [2.24, 2.45) is 5.84 Å². The van der Waals surface area contributed by atoms with Crippen LogP contribution in [-0.2, 0) is 9.84 Å². The van der Waals surface area contributed by atoms with Gasteiger partial charge in [0.15, 0.2) is 0 Å². The maximum Gasteiger partial charge on any atom is 0.329 e. The van der Waals surface area contributed by atoms with Gasteiger partial charge in [0, 0.05) is 12.8 Å². The molecule has 1 rings (SSSR count). The van der Waals surface area contributed by atoms with Crippen molar-refractivity contribution in [1.82, 2.24) is 9.97 Å². The topological polar surface area (TPSA) is 153 Å². The number of nitrogens with zero attached hydrogens (tertiary/aromatic N) is 3. The normalized spacial score (nSPS) is 11.0. The van der Waals surface area contributed by atoms with Gasteiger partial charge < -0.3 is 5.32 Å². The van der Waals surface area contributed by atoms with Crippen molar-refractivity contribution in [2.75, 3.05) is 29.3 Å². The molecule has 0 aromatic carbocycles. The van der Waals surface area contributed by atoms with Crippen molar-refractivity contribution >= 4 is 27.3 Å². The maximum atomic E-state index is 10.9. The van der Waals surface area contributed by atoms with Crippen LogP contribution in [-0.4, -0.2) is 41.9 Å². The summed E-state index contributed by atoms with van der Waals surface area (Å²) in [5.41, 5.74) is 1.78. The van der Waals surface area contributed by atoms with E-state index >= 15 is 0 Å². The molecule has 0 spiro atoms. The smallest absolute Gasteiger partial charge is 0.329 e. The van der Waals surface area contributed by atoms with E-state index in [0.29, 0.717) is 0 Å². The quantitative estimate of drug-likeness (QED) is 0.341. The zero-order valence-electron chi connectivity index (χ0n) is 9.45. The molecule has 0 saturated heterocycles. The largest absolute Gasteiger partial charge is 0.363 e. The SMILES string of the molecule is CS(=O)(=O)CCNc1nc(NN)ncc1[N+](=O)[O-]. The Morgan fingerprint density at radius 3 is 2.72 bits per heavy atom. The van der Waals surface area contributed by atoms with E-state index in [4.69, 9.17) is 5.84 Å². The number of hydrazine groups is 1. The van der Waals surface area contributed by atoms with Crippen molar-refractivity contribution in [3.05, 3.63) is 16.3 Å². The molecule has 11 heteroatoms. The van der Waals surface area contributed by atoms with Crippen LogP contribution in [0.1, 0.15) is 0 Å². The second-order valence-corrected chi connectivity index (χ2v) is 5.65. The third-order valence-corrected chi connectivity index (χ3v) is 2.81. The van der Waals surface area contributed by atoms with Crippen LogP contribution in [0, 0.1) is 10.1 Å². The van der Waals surface area contributed by atoms with Crippen LogP contribution in [0.3, 0.4) is 0 Å². The standard InChI is InChI=1S/C7H12N6O4S/c1-18(16,17)3-2-9-6-5(13(14)15)4-10-7(11-6)12-8/h4H,2-3,8H2,1H3,(H2,9,10,11,12). The minimum Gasteiger partial charge on any atom is -0.363 e. The predicted molar refractivity (Wildman–Crippen MR) is 64.7 cm³/mol. The van der Waals surface area contributed by atoms with Crippen molar-refractivity contribution in [2.45, 2.75) is 0 Å². The predicted octanol–water partition coefficient (Wildman–Crippen LogP) is -0.873. The van der Waals surface area contributed by atoms with Gasteiger partial charge in [-0.05, 0) is 0 Å². The minimum atomic E-state index is -3.16. The van der Waals surface area contributed by atoms with Gasteiger partial charge in [0.2, 0.25) is 11.8 Å². The van der Waals surface area contributed by atoms with Crippen LogP contribution in [0.2, 0.25) is 0 Å². The second-order valence-electron chi connectivity index (χ2n) is 3.39. The molecule has 0 aliphatic rings. The fourth-order valence-electron chi connectivity index (χ4n) is 1.06. The molecule has 0 fully saturated rings. The molecule has 18 heavy (non-hydrogen) atoms. The summed E-state index contributed by atoms with van der Waals surface area (Å²) in [7, 11) is -3.16.